The van der Waals surface area contributed by atoms with Crippen LogP contribution in [0.1, 0.15) is 31.0 Å². The van der Waals surface area contributed by atoms with Gasteiger partial charge in [0.25, 0.3) is 11.4 Å². The predicted molar refractivity (Wildman–Crippen MR) is 120 cm³/mol. The third-order valence-corrected chi connectivity index (χ3v) is 5.62. The van der Waals surface area contributed by atoms with Crippen molar-refractivity contribution in [2.24, 2.45) is 4.99 Å². The quantitative estimate of drug-likeness (QED) is 0.370. The number of hydrogen-bond donors (Lipinski definition) is 1. The van der Waals surface area contributed by atoms with E-state index in [-0.39, 0.29) is 29.1 Å². The van der Waals surface area contributed by atoms with Crippen molar-refractivity contribution in [2.45, 2.75) is 25.6 Å². The van der Waals surface area contributed by atoms with Gasteiger partial charge in [-0.05, 0) is 25.5 Å². The summed E-state index contributed by atoms with van der Waals surface area (Å²) in [6, 6.07) is 11.4. The molecule has 0 bridgehead atoms. The number of nitro groups is 2. The first-order valence-electron chi connectivity index (χ1n) is 9.64. The largest absolute Gasteiger partial charge is 0.463 e. The first-order chi connectivity index (χ1) is 15.3. The average molecular weight is 456 g/mol. The van der Waals surface area contributed by atoms with E-state index in [9.17, 15) is 25.0 Å². The van der Waals surface area contributed by atoms with E-state index in [2.05, 4.69) is 10.3 Å². The number of esters is 1. The standard InChI is InChI=1S/C21H20N4O6S/c1-3-31-20(26)18-13(2)22-21(32-12-14-8-10-15(11-9-14)24(27)28)23-19(18)16-6-4-5-7-17(16)25(29)30/h4-11,19H,3,12H2,1-2H3,(H,22,23). The van der Waals surface area contributed by atoms with E-state index in [0.29, 0.717) is 16.6 Å². The molecule has 2 aromatic carbocycles. The minimum Gasteiger partial charge on any atom is -0.463 e. The zero-order chi connectivity index (χ0) is 23.3. The molecule has 1 N–H and O–H groups in total. The lowest BCUT2D eigenvalue weighted by Crippen LogP contribution is -2.30. The SMILES string of the molecule is CCOC(=O)C1=C(C)NC(SCc2ccc([N+](=O)[O-])cc2)=NC1c1ccccc1[N+](=O)[O-]. The normalized spacial score (nSPS) is 15.6. The first kappa shape index (κ1) is 22.9. The van der Waals surface area contributed by atoms with Gasteiger partial charge in [0.1, 0.15) is 6.04 Å². The summed E-state index contributed by atoms with van der Waals surface area (Å²) in [6.45, 7) is 3.53. The highest BCUT2D eigenvalue weighted by Crippen LogP contribution is 2.37. The predicted octanol–water partition coefficient (Wildman–Crippen LogP) is 4.27. The van der Waals surface area contributed by atoms with Gasteiger partial charge in [-0.25, -0.2) is 9.79 Å². The number of carbonyl (C=O) groups is 1. The van der Waals surface area contributed by atoms with Gasteiger partial charge in [0.2, 0.25) is 0 Å². The Balaban J connectivity index is 1.92. The van der Waals surface area contributed by atoms with Crippen molar-refractivity contribution < 1.29 is 19.4 Å². The summed E-state index contributed by atoms with van der Waals surface area (Å²) in [5.74, 6) is -0.140. The van der Waals surface area contributed by atoms with Gasteiger partial charge in [-0.15, -0.1) is 0 Å². The Labute approximate surface area is 187 Å². The molecule has 10 nitrogen and oxygen atoms in total. The fourth-order valence-corrected chi connectivity index (χ4v) is 4.07. The number of non-ortho nitro benzene ring substituents is 1. The summed E-state index contributed by atoms with van der Waals surface area (Å²) in [4.78, 5) is 38.6. The molecule has 1 aliphatic heterocycles. The van der Waals surface area contributed by atoms with E-state index in [1.54, 1.807) is 44.2 Å². The summed E-state index contributed by atoms with van der Waals surface area (Å²) in [6.07, 6.45) is 0. The second-order valence-electron chi connectivity index (χ2n) is 6.75. The smallest absolute Gasteiger partial charge is 0.338 e. The number of rotatable bonds is 7. The zero-order valence-electron chi connectivity index (χ0n) is 17.3. The fraction of sp³-hybridized carbons (Fsp3) is 0.238. The number of nitrogens with one attached hydrogen (secondary N) is 1. The first-order valence-corrected chi connectivity index (χ1v) is 10.6. The average Bonchev–Trinajstić information content (AvgIpc) is 2.77. The lowest BCUT2D eigenvalue weighted by atomic mass is 9.95. The minimum absolute atomic E-state index is 0.00110. The van der Waals surface area contributed by atoms with Crippen LogP contribution in [0.5, 0.6) is 0 Å². The van der Waals surface area contributed by atoms with Gasteiger partial charge < -0.3 is 10.1 Å². The van der Waals surface area contributed by atoms with E-state index >= 15 is 0 Å². The number of nitro benzene ring substituents is 2. The Bertz CT molecular complexity index is 1110. The molecular formula is C21H20N4O6S. The van der Waals surface area contributed by atoms with Gasteiger partial charge in [0, 0.05) is 29.6 Å². The third-order valence-electron chi connectivity index (χ3n) is 4.66. The highest BCUT2D eigenvalue weighted by Gasteiger charge is 2.34. The number of amidine groups is 1. The fourth-order valence-electron chi connectivity index (χ4n) is 3.17. The summed E-state index contributed by atoms with van der Waals surface area (Å²) >= 11 is 1.32. The van der Waals surface area contributed by atoms with Gasteiger partial charge in [-0.1, -0.05) is 36.0 Å². The van der Waals surface area contributed by atoms with Crippen LogP contribution >= 0.6 is 11.8 Å². The van der Waals surface area contributed by atoms with Crippen molar-refractivity contribution in [3.8, 4) is 0 Å². The van der Waals surface area contributed by atoms with Crippen molar-refractivity contribution in [1.82, 2.24) is 5.32 Å². The van der Waals surface area contributed by atoms with Gasteiger partial charge in [0.05, 0.1) is 27.6 Å². The van der Waals surface area contributed by atoms with Crippen LogP contribution in [0.15, 0.2) is 64.8 Å². The second kappa shape index (κ2) is 10.1. The van der Waals surface area contributed by atoms with E-state index < -0.39 is 21.9 Å². The number of nitrogens with zero attached hydrogens (tertiary/aromatic N) is 3. The third kappa shape index (κ3) is 5.11. The van der Waals surface area contributed by atoms with Crippen LogP contribution in [-0.4, -0.2) is 27.6 Å². The van der Waals surface area contributed by atoms with Crippen LogP contribution in [0, 0.1) is 20.2 Å². The molecule has 0 saturated heterocycles. The maximum atomic E-state index is 12.6. The molecule has 0 saturated carbocycles. The van der Waals surface area contributed by atoms with Gasteiger partial charge in [-0.3, -0.25) is 20.2 Å². The molecule has 32 heavy (non-hydrogen) atoms. The number of para-hydroxylation sites is 1. The molecule has 0 fully saturated rings. The summed E-state index contributed by atoms with van der Waals surface area (Å²) in [5.41, 5.74) is 1.69. The van der Waals surface area contributed by atoms with Crippen molar-refractivity contribution in [3.05, 3.63) is 91.2 Å². The Morgan fingerprint density at radius 1 is 1.12 bits per heavy atom. The van der Waals surface area contributed by atoms with Gasteiger partial charge >= 0.3 is 5.97 Å². The van der Waals surface area contributed by atoms with Crippen LogP contribution in [-0.2, 0) is 15.3 Å². The number of allylic oxidation sites excluding steroid dienone is 1. The van der Waals surface area contributed by atoms with Gasteiger partial charge in [0.15, 0.2) is 5.17 Å². The van der Waals surface area contributed by atoms with Crippen molar-refractivity contribution >= 4 is 34.3 Å². The number of thioether (sulfide) groups is 1. The topological polar surface area (TPSA) is 137 Å². The zero-order valence-corrected chi connectivity index (χ0v) is 18.1. The molecule has 0 aromatic heterocycles. The number of aliphatic imine (C=N–C) groups is 1. The Hall–Kier alpha value is -3.73. The highest BCUT2D eigenvalue weighted by atomic mass is 32.2. The Morgan fingerprint density at radius 3 is 2.44 bits per heavy atom. The monoisotopic (exact) mass is 456 g/mol. The lowest BCUT2D eigenvalue weighted by Gasteiger charge is -2.25. The summed E-state index contributed by atoms with van der Waals surface area (Å²) in [7, 11) is 0. The van der Waals surface area contributed by atoms with Gasteiger partial charge in [-0.2, -0.15) is 0 Å². The molecule has 2 aromatic rings. The molecule has 0 spiro atoms. The van der Waals surface area contributed by atoms with E-state index in [4.69, 9.17) is 4.74 Å². The molecule has 3 rings (SSSR count). The molecule has 0 aliphatic carbocycles. The van der Waals surface area contributed by atoms with Crippen molar-refractivity contribution in [3.63, 3.8) is 0 Å². The van der Waals surface area contributed by atoms with Crippen LogP contribution < -0.4 is 5.32 Å². The lowest BCUT2D eigenvalue weighted by molar-refractivity contribution is -0.385. The van der Waals surface area contributed by atoms with Crippen LogP contribution in [0.2, 0.25) is 0 Å². The molecule has 11 heteroatoms. The van der Waals surface area contributed by atoms with Crippen molar-refractivity contribution in [2.75, 3.05) is 6.61 Å². The maximum absolute atomic E-state index is 12.6. The molecule has 1 atom stereocenters. The van der Waals surface area contributed by atoms with Crippen LogP contribution in [0.25, 0.3) is 0 Å². The number of ether oxygens (including phenoxy) is 1. The summed E-state index contributed by atoms with van der Waals surface area (Å²) in [5, 5.41) is 25.9. The number of carbonyl (C=O) groups excluding carboxylic acids is 1. The molecule has 0 radical (unpaired) electrons. The minimum atomic E-state index is -0.906. The molecule has 0 amide bonds. The Morgan fingerprint density at radius 2 is 1.81 bits per heavy atom. The summed E-state index contributed by atoms with van der Waals surface area (Å²) < 4.78 is 5.16. The molecule has 1 heterocycles. The van der Waals surface area contributed by atoms with E-state index in [1.807, 2.05) is 0 Å². The van der Waals surface area contributed by atoms with E-state index in [0.717, 1.165) is 5.56 Å². The maximum Gasteiger partial charge on any atom is 0.338 e. The number of benzene rings is 2. The molecular weight excluding hydrogens is 436 g/mol. The Kier molecular flexibility index (Phi) is 7.21. The number of hydrogen-bond acceptors (Lipinski definition) is 9. The van der Waals surface area contributed by atoms with Crippen LogP contribution in [0.3, 0.4) is 0 Å². The molecule has 1 unspecified atom stereocenters. The molecule has 1 aliphatic rings. The molecule has 166 valence electrons. The van der Waals surface area contributed by atoms with Crippen LogP contribution in [0.4, 0.5) is 11.4 Å². The second-order valence-corrected chi connectivity index (χ2v) is 7.71. The van der Waals surface area contributed by atoms with Crippen molar-refractivity contribution in [1.29, 1.82) is 0 Å². The van der Waals surface area contributed by atoms with E-state index in [1.165, 1.54) is 30.0 Å². The highest BCUT2D eigenvalue weighted by molar-refractivity contribution is 8.13.